The van der Waals surface area contributed by atoms with Crippen molar-refractivity contribution in [1.82, 2.24) is 20.0 Å². The molecular weight excluding hydrogens is 280 g/mol. The molecule has 0 saturated heterocycles. The predicted molar refractivity (Wildman–Crippen MR) is 85.6 cm³/mol. The molecular formula is C16H24N4O2. The van der Waals surface area contributed by atoms with Crippen LogP contribution in [0.15, 0.2) is 24.4 Å². The first kappa shape index (κ1) is 16.3. The average molecular weight is 304 g/mol. The number of rotatable bonds is 6. The maximum Gasteiger partial charge on any atom is 0.315 e. The Bertz CT molecular complexity index is 636. The molecule has 2 aromatic rings. The van der Waals surface area contributed by atoms with Crippen LogP contribution in [-0.2, 0) is 6.54 Å². The van der Waals surface area contributed by atoms with Gasteiger partial charge in [-0.15, -0.1) is 0 Å². The lowest BCUT2D eigenvalue weighted by Gasteiger charge is -2.18. The van der Waals surface area contributed by atoms with Crippen LogP contribution in [0.25, 0.3) is 5.65 Å². The van der Waals surface area contributed by atoms with Crippen LogP contribution in [-0.4, -0.2) is 33.2 Å². The predicted octanol–water partition coefficient (Wildman–Crippen LogP) is 1.85. The second-order valence-corrected chi connectivity index (χ2v) is 5.96. The van der Waals surface area contributed by atoms with Crippen LogP contribution in [0.5, 0.6) is 0 Å². The van der Waals surface area contributed by atoms with Gasteiger partial charge in [0.05, 0.1) is 24.9 Å². The van der Waals surface area contributed by atoms with Gasteiger partial charge in [0.25, 0.3) is 0 Å². The summed E-state index contributed by atoms with van der Waals surface area (Å²) >= 11 is 0. The topological polar surface area (TPSA) is 78.7 Å². The van der Waals surface area contributed by atoms with E-state index in [4.69, 9.17) is 0 Å². The van der Waals surface area contributed by atoms with E-state index in [0.29, 0.717) is 12.5 Å². The number of nitrogens with zero attached hydrogens (tertiary/aromatic N) is 2. The summed E-state index contributed by atoms with van der Waals surface area (Å²) in [6, 6.07) is 5.40. The van der Waals surface area contributed by atoms with Crippen molar-refractivity contribution in [2.24, 2.45) is 5.92 Å². The maximum absolute atomic E-state index is 11.9. The molecule has 2 heterocycles. The molecule has 0 aromatic carbocycles. The number of carbonyl (C=O) groups is 1. The molecule has 1 unspecified atom stereocenters. The Kier molecular flexibility index (Phi) is 5.38. The molecule has 2 aromatic heterocycles. The van der Waals surface area contributed by atoms with E-state index < -0.39 is 0 Å². The quantitative estimate of drug-likeness (QED) is 0.762. The monoisotopic (exact) mass is 304 g/mol. The van der Waals surface area contributed by atoms with E-state index in [-0.39, 0.29) is 18.7 Å². The van der Waals surface area contributed by atoms with E-state index in [1.165, 1.54) is 0 Å². The van der Waals surface area contributed by atoms with Crippen LogP contribution in [0.4, 0.5) is 4.79 Å². The number of aliphatic hydroxyl groups is 1. The first-order chi connectivity index (χ1) is 10.5. The number of pyridine rings is 1. The van der Waals surface area contributed by atoms with E-state index in [0.717, 1.165) is 23.5 Å². The highest BCUT2D eigenvalue weighted by Crippen LogP contribution is 2.08. The van der Waals surface area contributed by atoms with Crippen LogP contribution >= 0.6 is 0 Å². The number of imidazole rings is 1. The molecule has 0 saturated carbocycles. The maximum atomic E-state index is 11.9. The third-order valence-corrected chi connectivity index (χ3v) is 3.49. The van der Waals surface area contributed by atoms with Crippen molar-refractivity contribution >= 4 is 11.7 Å². The number of aliphatic hydroxyl groups excluding tert-OH is 1. The largest absolute Gasteiger partial charge is 0.394 e. The second kappa shape index (κ2) is 7.26. The SMILES string of the molecule is Cc1cccc2nc(CNC(=O)NC(CO)CC(C)C)cn12. The molecule has 6 nitrogen and oxygen atoms in total. The Morgan fingerprint density at radius 2 is 2.18 bits per heavy atom. The highest BCUT2D eigenvalue weighted by molar-refractivity contribution is 5.74. The number of nitrogens with one attached hydrogen (secondary N) is 2. The molecule has 2 rings (SSSR count). The number of amides is 2. The van der Waals surface area contributed by atoms with Gasteiger partial charge in [0.15, 0.2) is 0 Å². The number of hydrogen-bond donors (Lipinski definition) is 3. The zero-order valence-electron chi connectivity index (χ0n) is 13.3. The zero-order chi connectivity index (χ0) is 16.1. The summed E-state index contributed by atoms with van der Waals surface area (Å²) in [6.45, 7) is 6.42. The van der Waals surface area contributed by atoms with Gasteiger partial charge in [0, 0.05) is 11.9 Å². The number of fused-ring (bicyclic) bond motifs is 1. The normalized spacial score (nSPS) is 12.6. The summed E-state index contributed by atoms with van der Waals surface area (Å²) in [5, 5.41) is 14.8. The fraction of sp³-hybridized carbons (Fsp3) is 0.500. The minimum absolute atomic E-state index is 0.0564. The fourth-order valence-electron chi connectivity index (χ4n) is 2.44. The summed E-state index contributed by atoms with van der Waals surface area (Å²) < 4.78 is 1.99. The number of hydrogen-bond acceptors (Lipinski definition) is 3. The molecule has 0 aliphatic rings. The molecule has 0 bridgehead atoms. The summed E-state index contributed by atoms with van der Waals surface area (Å²) in [5.74, 6) is 0.416. The molecule has 120 valence electrons. The van der Waals surface area contributed by atoms with Gasteiger partial charge in [0.2, 0.25) is 0 Å². The number of aromatic nitrogens is 2. The van der Waals surface area contributed by atoms with Gasteiger partial charge in [-0.2, -0.15) is 0 Å². The minimum Gasteiger partial charge on any atom is -0.394 e. The van der Waals surface area contributed by atoms with Crippen LogP contribution in [0.1, 0.15) is 31.7 Å². The molecule has 0 aliphatic carbocycles. The molecule has 3 N–H and O–H groups in total. The lowest BCUT2D eigenvalue weighted by molar-refractivity contribution is 0.206. The number of urea groups is 1. The van der Waals surface area contributed by atoms with Gasteiger partial charge in [0.1, 0.15) is 5.65 Å². The molecule has 0 spiro atoms. The number of aryl methyl sites for hydroxylation is 1. The summed E-state index contributed by atoms with van der Waals surface area (Å²) in [4.78, 5) is 16.3. The van der Waals surface area contributed by atoms with Crippen molar-refractivity contribution in [2.75, 3.05) is 6.61 Å². The van der Waals surface area contributed by atoms with Crippen molar-refractivity contribution < 1.29 is 9.90 Å². The Morgan fingerprint density at radius 3 is 2.82 bits per heavy atom. The first-order valence-electron chi connectivity index (χ1n) is 7.58. The standard InChI is InChI=1S/C16H24N4O2/c1-11(2)7-13(10-21)19-16(22)17-8-14-9-20-12(3)5-4-6-15(20)18-14/h4-6,9,11,13,21H,7-8,10H2,1-3H3,(H2,17,19,22). The van der Waals surface area contributed by atoms with Gasteiger partial charge in [-0.05, 0) is 31.4 Å². The average Bonchev–Trinajstić information content (AvgIpc) is 2.88. The summed E-state index contributed by atoms with van der Waals surface area (Å²) in [6.07, 6.45) is 2.67. The smallest absolute Gasteiger partial charge is 0.315 e. The molecule has 1 atom stereocenters. The van der Waals surface area contributed by atoms with Crippen LogP contribution in [0.2, 0.25) is 0 Å². The lowest BCUT2D eigenvalue weighted by Crippen LogP contribution is -2.44. The first-order valence-corrected chi connectivity index (χ1v) is 7.58. The number of carbonyl (C=O) groups excluding carboxylic acids is 1. The highest BCUT2D eigenvalue weighted by Gasteiger charge is 2.13. The molecule has 22 heavy (non-hydrogen) atoms. The Morgan fingerprint density at radius 1 is 1.41 bits per heavy atom. The van der Waals surface area contributed by atoms with Crippen LogP contribution in [0, 0.1) is 12.8 Å². The second-order valence-electron chi connectivity index (χ2n) is 5.96. The van der Waals surface area contributed by atoms with Gasteiger partial charge in [-0.3, -0.25) is 0 Å². The Balaban J connectivity index is 1.91. The molecule has 0 radical (unpaired) electrons. The van der Waals surface area contributed by atoms with Crippen molar-refractivity contribution in [1.29, 1.82) is 0 Å². The molecule has 0 fully saturated rings. The third kappa shape index (κ3) is 4.21. The molecule has 2 amide bonds. The minimum atomic E-state index is -0.284. The summed E-state index contributed by atoms with van der Waals surface area (Å²) in [5.41, 5.74) is 2.76. The van der Waals surface area contributed by atoms with E-state index in [9.17, 15) is 9.90 Å². The fourth-order valence-corrected chi connectivity index (χ4v) is 2.44. The van der Waals surface area contributed by atoms with Crippen molar-refractivity contribution in [3.05, 3.63) is 35.8 Å². The van der Waals surface area contributed by atoms with Crippen molar-refractivity contribution in [3.63, 3.8) is 0 Å². The van der Waals surface area contributed by atoms with E-state index in [1.807, 2.05) is 35.7 Å². The van der Waals surface area contributed by atoms with E-state index in [2.05, 4.69) is 29.5 Å². The lowest BCUT2D eigenvalue weighted by atomic mass is 10.0. The van der Waals surface area contributed by atoms with E-state index in [1.54, 1.807) is 0 Å². The van der Waals surface area contributed by atoms with Crippen molar-refractivity contribution in [3.8, 4) is 0 Å². The van der Waals surface area contributed by atoms with Gasteiger partial charge < -0.3 is 20.1 Å². The zero-order valence-corrected chi connectivity index (χ0v) is 13.3. The Labute approximate surface area is 130 Å². The summed E-state index contributed by atoms with van der Waals surface area (Å²) in [7, 11) is 0. The third-order valence-electron chi connectivity index (χ3n) is 3.49. The van der Waals surface area contributed by atoms with Crippen molar-refractivity contribution in [2.45, 2.75) is 39.8 Å². The Hall–Kier alpha value is -2.08. The van der Waals surface area contributed by atoms with Crippen LogP contribution in [0.3, 0.4) is 0 Å². The van der Waals surface area contributed by atoms with Gasteiger partial charge in [-0.25, -0.2) is 9.78 Å². The van der Waals surface area contributed by atoms with Gasteiger partial charge in [-0.1, -0.05) is 19.9 Å². The van der Waals surface area contributed by atoms with Gasteiger partial charge >= 0.3 is 6.03 Å². The highest BCUT2D eigenvalue weighted by atomic mass is 16.3. The van der Waals surface area contributed by atoms with E-state index >= 15 is 0 Å². The van der Waals surface area contributed by atoms with Crippen LogP contribution < -0.4 is 10.6 Å². The molecule has 0 aliphatic heterocycles. The molecule has 6 heteroatoms.